The van der Waals surface area contributed by atoms with Gasteiger partial charge in [-0.05, 0) is 69.6 Å². The number of hydrogen-bond acceptors (Lipinski definition) is 6. The number of hydrogen-bond donors (Lipinski definition) is 0. The van der Waals surface area contributed by atoms with Crippen LogP contribution in [0.25, 0.3) is 0 Å². The average Bonchev–Trinajstić information content (AvgIpc) is 2.64. The van der Waals surface area contributed by atoms with Gasteiger partial charge in [-0.3, -0.25) is 0 Å². The molecule has 0 aromatic heterocycles. The van der Waals surface area contributed by atoms with Crippen molar-refractivity contribution in [3.8, 4) is 0 Å². The second-order valence-corrected chi connectivity index (χ2v) is 9.25. The first kappa shape index (κ1) is 19.9. The lowest BCUT2D eigenvalue weighted by Crippen LogP contribution is -2.60. The zero-order chi connectivity index (χ0) is 19.7. The Kier molecular flexibility index (Phi) is 5.79. The Morgan fingerprint density at radius 1 is 1.14 bits per heavy atom. The van der Waals surface area contributed by atoms with Crippen molar-refractivity contribution < 1.29 is 28.5 Å². The first-order valence-electron chi connectivity index (χ1n) is 10.7. The molecule has 6 nitrogen and oxygen atoms in total. The van der Waals surface area contributed by atoms with Crippen LogP contribution in [0.2, 0.25) is 0 Å². The van der Waals surface area contributed by atoms with Crippen LogP contribution in [0.15, 0.2) is 12.2 Å². The fraction of sp³-hybridized carbons (Fsp3) is 0.818. The molecule has 28 heavy (non-hydrogen) atoms. The van der Waals surface area contributed by atoms with E-state index >= 15 is 0 Å². The molecular weight excluding hydrogens is 360 g/mol. The van der Waals surface area contributed by atoms with Gasteiger partial charge in [0, 0.05) is 17.9 Å². The summed E-state index contributed by atoms with van der Waals surface area (Å²) in [5, 5.41) is 0. The average molecular weight is 392 g/mol. The maximum atomic E-state index is 12.3. The molecule has 1 aliphatic heterocycles. The van der Waals surface area contributed by atoms with Crippen LogP contribution in [0.5, 0.6) is 0 Å². The van der Waals surface area contributed by atoms with Crippen molar-refractivity contribution in [2.45, 2.75) is 70.2 Å². The highest BCUT2D eigenvalue weighted by atomic mass is 16.7. The molecule has 156 valence electrons. The second-order valence-electron chi connectivity index (χ2n) is 9.25. The Balaban J connectivity index is 1.34. The van der Waals surface area contributed by atoms with E-state index in [-0.39, 0.29) is 24.5 Å². The van der Waals surface area contributed by atoms with Gasteiger partial charge in [0.15, 0.2) is 0 Å². The minimum atomic E-state index is -0.457. The second kappa shape index (κ2) is 8.15. The van der Waals surface area contributed by atoms with Crippen LogP contribution >= 0.6 is 0 Å². The van der Waals surface area contributed by atoms with Crippen LogP contribution in [0.4, 0.5) is 0 Å². The zero-order valence-electron chi connectivity index (χ0n) is 16.8. The highest BCUT2D eigenvalue weighted by molar-refractivity contribution is 5.87. The number of esters is 2. The van der Waals surface area contributed by atoms with E-state index < -0.39 is 11.9 Å². The van der Waals surface area contributed by atoms with Gasteiger partial charge in [0.25, 0.3) is 0 Å². The first-order chi connectivity index (χ1) is 13.4. The van der Waals surface area contributed by atoms with Gasteiger partial charge in [-0.25, -0.2) is 9.59 Å². The summed E-state index contributed by atoms with van der Waals surface area (Å²) in [5.74, 6) is 1.23. The minimum absolute atomic E-state index is 0.0829. The van der Waals surface area contributed by atoms with Crippen LogP contribution in [0.1, 0.15) is 58.3 Å². The predicted molar refractivity (Wildman–Crippen MR) is 101 cm³/mol. The van der Waals surface area contributed by atoms with E-state index in [0.29, 0.717) is 36.5 Å². The maximum Gasteiger partial charge on any atom is 0.334 e. The van der Waals surface area contributed by atoms with Crippen molar-refractivity contribution in [2.24, 2.45) is 23.7 Å². The summed E-state index contributed by atoms with van der Waals surface area (Å²) in [6, 6.07) is 0. The Morgan fingerprint density at radius 2 is 1.89 bits per heavy atom. The topological polar surface area (TPSA) is 71.1 Å². The van der Waals surface area contributed by atoms with Crippen LogP contribution in [0.3, 0.4) is 0 Å². The van der Waals surface area contributed by atoms with E-state index in [2.05, 4.69) is 6.58 Å². The number of rotatable bonds is 7. The fourth-order valence-electron chi connectivity index (χ4n) is 6.04. The summed E-state index contributed by atoms with van der Waals surface area (Å²) in [5.41, 5.74) is -0.0206. The molecule has 4 atom stereocenters. The molecular formula is C22H32O6. The highest BCUT2D eigenvalue weighted by Gasteiger charge is 2.59. The molecule has 0 aromatic rings. The molecule has 0 aromatic carbocycles. The third-order valence-corrected chi connectivity index (χ3v) is 7.01. The van der Waals surface area contributed by atoms with Gasteiger partial charge >= 0.3 is 11.9 Å². The SMILES string of the molecule is C=C(C)C(=O)OC12CC3CC(CC(C3)C1COCC(=O)OC1CCCCO1)C2. The summed E-state index contributed by atoms with van der Waals surface area (Å²) in [6.07, 6.45) is 7.77. The van der Waals surface area contributed by atoms with Crippen molar-refractivity contribution in [1.29, 1.82) is 0 Å². The monoisotopic (exact) mass is 392 g/mol. The van der Waals surface area contributed by atoms with Gasteiger partial charge in [0.1, 0.15) is 12.2 Å². The normalized spacial score (nSPS) is 38.8. The molecule has 4 aliphatic carbocycles. The minimum Gasteiger partial charge on any atom is -0.455 e. The Labute approximate surface area is 166 Å². The lowest BCUT2D eigenvalue weighted by atomic mass is 9.50. The fourth-order valence-corrected chi connectivity index (χ4v) is 6.04. The van der Waals surface area contributed by atoms with Gasteiger partial charge < -0.3 is 18.9 Å². The van der Waals surface area contributed by atoms with E-state index in [9.17, 15) is 9.59 Å². The standard InChI is InChI=1S/C22H32O6/c1-14(2)21(24)28-22-10-15-7-16(11-22)9-17(8-15)18(22)12-25-13-19(23)27-20-5-3-4-6-26-20/h15-18,20H,1,3-13H2,2H3. The van der Waals surface area contributed by atoms with Gasteiger partial charge in [-0.2, -0.15) is 0 Å². The third kappa shape index (κ3) is 4.13. The van der Waals surface area contributed by atoms with Crippen LogP contribution < -0.4 is 0 Å². The van der Waals surface area contributed by atoms with E-state index in [1.54, 1.807) is 6.92 Å². The Morgan fingerprint density at radius 3 is 2.54 bits per heavy atom. The molecule has 4 bridgehead atoms. The van der Waals surface area contributed by atoms with Gasteiger partial charge in [0.2, 0.25) is 6.29 Å². The molecule has 1 heterocycles. The van der Waals surface area contributed by atoms with Crippen LogP contribution in [-0.4, -0.2) is 43.7 Å². The largest absolute Gasteiger partial charge is 0.455 e. The first-order valence-corrected chi connectivity index (χ1v) is 10.7. The highest BCUT2D eigenvalue weighted by Crippen LogP contribution is 2.60. The van der Waals surface area contributed by atoms with Gasteiger partial charge in [0.05, 0.1) is 13.2 Å². The molecule has 0 radical (unpaired) electrons. The lowest BCUT2D eigenvalue weighted by molar-refractivity contribution is -0.216. The van der Waals surface area contributed by atoms with E-state index in [4.69, 9.17) is 18.9 Å². The summed E-state index contributed by atoms with van der Waals surface area (Å²) >= 11 is 0. The molecule has 4 unspecified atom stereocenters. The predicted octanol–water partition coefficient (Wildman–Crippen LogP) is 3.39. The van der Waals surface area contributed by atoms with E-state index in [0.717, 1.165) is 32.1 Å². The third-order valence-electron chi connectivity index (χ3n) is 7.01. The smallest absolute Gasteiger partial charge is 0.334 e. The van der Waals surface area contributed by atoms with Gasteiger partial charge in [-0.1, -0.05) is 6.58 Å². The van der Waals surface area contributed by atoms with Crippen molar-refractivity contribution in [2.75, 3.05) is 19.8 Å². The zero-order valence-corrected chi connectivity index (χ0v) is 16.8. The number of carbonyl (C=O) groups is 2. The molecule has 5 aliphatic rings. The van der Waals surface area contributed by atoms with Crippen molar-refractivity contribution >= 4 is 11.9 Å². The quantitative estimate of drug-likeness (QED) is 0.489. The van der Waals surface area contributed by atoms with Gasteiger partial charge in [-0.15, -0.1) is 0 Å². The number of ether oxygens (including phenoxy) is 4. The molecule has 1 saturated heterocycles. The number of carbonyl (C=O) groups excluding carboxylic acids is 2. The molecule has 0 amide bonds. The molecule has 5 fully saturated rings. The van der Waals surface area contributed by atoms with E-state index in [1.165, 1.54) is 19.3 Å². The molecule has 4 saturated carbocycles. The lowest BCUT2D eigenvalue weighted by Gasteiger charge is -2.60. The maximum absolute atomic E-state index is 12.3. The van der Waals surface area contributed by atoms with Crippen LogP contribution in [-0.2, 0) is 28.5 Å². The Bertz CT molecular complexity index is 609. The van der Waals surface area contributed by atoms with Crippen molar-refractivity contribution in [3.05, 3.63) is 12.2 Å². The molecule has 0 spiro atoms. The molecule has 0 N–H and O–H groups in total. The van der Waals surface area contributed by atoms with Crippen LogP contribution in [0, 0.1) is 23.7 Å². The summed E-state index contributed by atoms with van der Waals surface area (Å²) in [6.45, 7) is 6.41. The Hall–Kier alpha value is -1.40. The summed E-state index contributed by atoms with van der Waals surface area (Å²) in [7, 11) is 0. The summed E-state index contributed by atoms with van der Waals surface area (Å²) in [4.78, 5) is 24.4. The molecule has 5 rings (SSSR count). The van der Waals surface area contributed by atoms with Crippen molar-refractivity contribution in [1.82, 2.24) is 0 Å². The molecule has 6 heteroatoms. The van der Waals surface area contributed by atoms with Crippen molar-refractivity contribution in [3.63, 3.8) is 0 Å². The summed E-state index contributed by atoms with van der Waals surface area (Å²) < 4.78 is 22.6. The van der Waals surface area contributed by atoms with E-state index in [1.807, 2.05) is 0 Å².